The summed E-state index contributed by atoms with van der Waals surface area (Å²) < 4.78 is 9.32. The van der Waals surface area contributed by atoms with E-state index < -0.39 is 5.91 Å². The molecule has 8 heteroatoms. The summed E-state index contributed by atoms with van der Waals surface area (Å²) in [5.74, 6) is 4.46. The monoisotopic (exact) mass is 524 g/mol. The van der Waals surface area contributed by atoms with E-state index in [4.69, 9.17) is 20.0 Å². The fourth-order valence-corrected chi connectivity index (χ4v) is 7.88. The van der Waals surface area contributed by atoms with Crippen molar-refractivity contribution in [3.05, 3.63) is 130 Å². The molecule has 8 heterocycles. The number of fused-ring (bicyclic) bond motifs is 12. The molecule has 6 aliphatic heterocycles. The second-order valence-corrected chi connectivity index (χ2v) is 11.2. The lowest BCUT2D eigenvalue weighted by Gasteiger charge is -2.41. The summed E-state index contributed by atoms with van der Waals surface area (Å²) in [4.78, 5) is 21.7. The average Bonchev–Trinajstić information content (AvgIpc) is 3.74. The molecule has 0 N–H and O–H groups in total. The third-order valence-corrected chi connectivity index (χ3v) is 9.38. The van der Waals surface area contributed by atoms with Crippen LogP contribution in [0.5, 0.6) is 0 Å². The van der Waals surface area contributed by atoms with E-state index in [1.54, 1.807) is 0 Å². The van der Waals surface area contributed by atoms with Gasteiger partial charge in [-0.25, -0.2) is 14.1 Å². The molecular formula is C33H16N8+2. The van der Waals surface area contributed by atoms with E-state index in [9.17, 15) is 0 Å². The van der Waals surface area contributed by atoms with Gasteiger partial charge in [0.15, 0.2) is 11.3 Å². The molecule has 0 saturated heterocycles. The number of nitrogens with zero attached hydrogens (tertiary/aromatic N) is 8. The van der Waals surface area contributed by atoms with Gasteiger partial charge in [0.05, 0.1) is 22.3 Å². The fraction of sp³-hybridized carbons (Fsp3) is 0.0303. The first kappa shape index (κ1) is 19.3. The van der Waals surface area contributed by atoms with Crippen molar-refractivity contribution in [1.29, 1.82) is 0 Å². The SMILES string of the molecule is c1ccc2c(c1)C1=Nc3c4ccccc4c4n3C35n6c(c7ccccc7c6=N4)=NC4=[N+]3C(=NC2=[N+]15)c1ccccc14. The molecule has 2 aromatic heterocycles. The van der Waals surface area contributed by atoms with Gasteiger partial charge in [-0.05, 0) is 36.4 Å². The van der Waals surface area contributed by atoms with Crippen LogP contribution in [0, 0.1) is 0 Å². The molecule has 0 aliphatic carbocycles. The molecule has 0 fully saturated rings. The zero-order chi connectivity index (χ0) is 26.2. The van der Waals surface area contributed by atoms with Crippen LogP contribution in [-0.4, -0.2) is 41.6 Å². The van der Waals surface area contributed by atoms with Gasteiger partial charge in [0.1, 0.15) is 0 Å². The van der Waals surface area contributed by atoms with E-state index in [2.05, 4.69) is 115 Å². The van der Waals surface area contributed by atoms with Gasteiger partial charge in [-0.3, -0.25) is 0 Å². The first-order valence-electron chi connectivity index (χ1n) is 13.8. The lowest BCUT2D eigenvalue weighted by Crippen LogP contribution is -2.71. The van der Waals surface area contributed by atoms with Crippen LogP contribution < -0.4 is 11.0 Å². The number of benzene rings is 4. The minimum atomic E-state index is -0.923. The smallest absolute Gasteiger partial charge is 0.211 e. The zero-order valence-electron chi connectivity index (χ0n) is 21.3. The third-order valence-electron chi connectivity index (χ3n) is 9.38. The van der Waals surface area contributed by atoms with E-state index in [0.29, 0.717) is 0 Å². The molecule has 0 radical (unpaired) electrons. The Kier molecular flexibility index (Phi) is 2.77. The van der Waals surface area contributed by atoms with E-state index in [1.165, 1.54) is 0 Å². The van der Waals surface area contributed by atoms with Crippen molar-refractivity contribution in [2.24, 2.45) is 20.0 Å². The zero-order valence-corrected chi connectivity index (χ0v) is 21.3. The number of amidine groups is 4. The van der Waals surface area contributed by atoms with Crippen LogP contribution in [0.1, 0.15) is 22.3 Å². The van der Waals surface area contributed by atoms with Gasteiger partial charge in [-0.2, -0.15) is 0 Å². The molecule has 1 spiro atoms. The standard InChI is InChI=1S/C33H16N8/c1-2-10-18-17(9-1)25-34-27-19-11-3-4-12-20(19)29-36-31-23-15-7-8-16-24(23)32-37-30-22-14-6-5-13-21(22)28-35-26(18)38(25)33(39(27)29,40(28)30)41(31)32/h1-16H/q+2. The number of hydrogen-bond donors (Lipinski definition) is 0. The third kappa shape index (κ3) is 1.76. The maximum atomic E-state index is 5.42. The summed E-state index contributed by atoms with van der Waals surface area (Å²) in [7, 11) is 0. The fourth-order valence-electron chi connectivity index (χ4n) is 7.88. The molecule has 0 saturated carbocycles. The van der Waals surface area contributed by atoms with Crippen molar-refractivity contribution in [3.8, 4) is 0 Å². The highest BCUT2D eigenvalue weighted by Gasteiger charge is 2.68. The Hall–Kier alpha value is -5.76. The Morgan fingerprint density at radius 2 is 0.902 bits per heavy atom. The summed E-state index contributed by atoms with van der Waals surface area (Å²) in [6.45, 7) is 0. The number of aliphatic imine (C=N–C) groups is 2. The number of aromatic nitrogens is 2. The summed E-state index contributed by atoms with van der Waals surface area (Å²) in [5, 5.41) is 4.33. The van der Waals surface area contributed by atoms with Crippen LogP contribution >= 0.6 is 0 Å². The minimum Gasteiger partial charge on any atom is -0.211 e. The normalized spacial score (nSPS) is 20.8. The number of rotatable bonds is 0. The molecule has 0 bridgehead atoms. The van der Waals surface area contributed by atoms with Crippen LogP contribution in [0.15, 0.2) is 117 Å². The molecular weight excluding hydrogens is 508 g/mol. The first-order valence-corrected chi connectivity index (χ1v) is 13.8. The Labute approximate surface area is 230 Å². The summed E-state index contributed by atoms with van der Waals surface area (Å²) in [6.07, 6.45) is 0. The van der Waals surface area contributed by atoms with E-state index in [-0.39, 0.29) is 0 Å². The van der Waals surface area contributed by atoms with Gasteiger partial charge in [0, 0.05) is 21.5 Å². The van der Waals surface area contributed by atoms with E-state index in [0.717, 1.165) is 89.8 Å². The highest BCUT2D eigenvalue weighted by atomic mass is 15.7. The second-order valence-electron chi connectivity index (χ2n) is 11.2. The van der Waals surface area contributed by atoms with Crippen molar-refractivity contribution in [3.63, 3.8) is 0 Å². The quantitative estimate of drug-likeness (QED) is 0.272. The van der Waals surface area contributed by atoms with Crippen LogP contribution in [-0.2, 0) is 5.91 Å². The van der Waals surface area contributed by atoms with Crippen molar-refractivity contribution in [1.82, 2.24) is 9.13 Å². The minimum absolute atomic E-state index is 0.898. The summed E-state index contributed by atoms with van der Waals surface area (Å²) >= 11 is 0. The average molecular weight is 525 g/mol. The van der Waals surface area contributed by atoms with Crippen LogP contribution in [0.2, 0.25) is 0 Å². The predicted octanol–water partition coefficient (Wildman–Crippen LogP) is 3.71. The molecule has 1 unspecified atom stereocenters. The first-order chi connectivity index (χ1) is 20.4. The number of hydrogen-bond acceptors (Lipinski definition) is 4. The van der Waals surface area contributed by atoms with Gasteiger partial charge in [-0.1, -0.05) is 75.6 Å². The molecule has 1 atom stereocenters. The molecule has 0 amide bonds. The lowest BCUT2D eigenvalue weighted by molar-refractivity contribution is -0.791. The molecule has 4 aromatic carbocycles. The van der Waals surface area contributed by atoms with Crippen LogP contribution in [0.25, 0.3) is 21.5 Å². The lowest BCUT2D eigenvalue weighted by atomic mass is 10.1. The van der Waals surface area contributed by atoms with Gasteiger partial charge in [-0.15, -0.1) is 9.15 Å². The summed E-state index contributed by atoms with van der Waals surface area (Å²) in [5.41, 5.74) is 6.13. The molecule has 41 heavy (non-hydrogen) atoms. The molecule has 12 rings (SSSR count). The highest BCUT2D eigenvalue weighted by Crippen LogP contribution is 2.51. The molecule has 6 aromatic rings. The highest BCUT2D eigenvalue weighted by molar-refractivity contribution is 6.23. The van der Waals surface area contributed by atoms with Crippen LogP contribution in [0.4, 0.5) is 11.6 Å². The van der Waals surface area contributed by atoms with Gasteiger partial charge >= 0.3 is 5.91 Å². The predicted molar refractivity (Wildman–Crippen MR) is 154 cm³/mol. The van der Waals surface area contributed by atoms with E-state index >= 15 is 0 Å². The maximum Gasteiger partial charge on any atom is 0.402 e. The Bertz CT molecular complexity index is 2640. The van der Waals surface area contributed by atoms with Crippen molar-refractivity contribution in [2.75, 3.05) is 0 Å². The molecule has 8 nitrogen and oxygen atoms in total. The van der Waals surface area contributed by atoms with Gasteiger partial charge < -0.3 is 0 Å². The van der Waals surface area contributed by atoms with E-state index in [1.807, 2.05) is 0 Å². The van der Waals surface area contributed by atoms with Crippen molar-refractivity contribution >= 4 is 56.5 Å². The maximum absolute atomic E-state index is 5.42. The Balaban J connectivity index is 1.45. The van der Waals surface area contributed by atoms with Crippen molar-refractivity contribution < 1.29 is 9.15 Å². The molecule has 186 valence electrons. The van der Waals surface area contributed by atoms with Crippen LogP contribution in [0.3, 0.4) is 0 Å². The largest absolute Gasteiger partial charge is 0.402 e. The Morgan fingerprint density at radius 1 is 0.439 bits per heavy atom. The van der Waals surface area contributed by atoms with Crippen molar-refractivity contribution in [2.45, 2.75) is 5.91 Å². The topological polar surface area (TPSA) is 65.3 Å². The second kappa shape index (κ2) is 5.88. The Morgan fingerprint density at radius 3 is 1.54 bits per heavy atom. The van der Waals surface area contributed by atoms with Gasteiger partial charge in [0.25, 0.3) is 23.3 Å². The summed E-state index contributed by atoms with van der Waals surface area (Å²) in [6, 6.07) is 34.0. The molecule has 6 aliphatic rings. The van der Waals surface area contributed by atoms with Gasteiger partial charge in [0.2, 0.25) is 11.3 Å².